The van der Waals surface area contributed by atoms with Crippen LogP contribution in [0, 0.1) is 5.92 Å². The van der Waals surface area contributed by atoms with Crippen LogP contribution in [0.15, 0.2) is 18.3 Å². The molecule has 78 valence electrons. The molecule has 1 aromatic heterocycles. The molecule has 0 aliphatic heterocycles. The third kappa shape index (κ3) is 2.88. The van der Waals surface area contributed by atoms with E-state index in [2.05, 4.69) is 10.3 Å². The number of nitrogens with two attached hydrogens (primary N) is 1. The maximum atomic E-state index is 11.5. The third-order valence-electron chi connectivity index (χ3n) is 2.26. The van der Waals surface area contributed by atoms with Gasteiger partial charge in [-0.3, -0.25) is 4.79 Å². The third-order valence-corrected chi connectivity index (χ3v) is 2.26. The largest absolute Gasteiger partial charge is 0.364 e. The first-order valence-corrected chi connectivity index (χ1v) is 4.88. The smallest absolute Gasteiger partial charge is 0.224 e. The van der Waals surface area contributed by atoms with E-state index >= 15 is 0 Å². The maximum Gasteiger partial charge on any atom is 0.224 e. The molecule has 4 nitrogen and oxygen atoms in total. The highest BCUT2D eigenvalue weighted by molar-refractivity contribution is 5.78. The van der Waals surface area contributed by atoms with Crippen molar-refractivity contribution in [3.8, 4) is 0 Å². The van der Waals surface area contributed by atoms with Gasteiger partial charge in [-0.25, -0.2) is 0 Å². The van der Waals surface area contributed by atoms with Crippen LogP contribution in [-0.2, 0) is 11.3 Å². The molecule has 14 heavy (non-hydrogen) atoms. The van der Waals surface area contributed by atoms with E-state index in [1.165, 1.54) is 0 Å². The highest BCUT2D eigenvalue weighted by Crippen LogP contribution is 2.00. The van der Waals surface area contributed by atoms with Gasteiger partial charge in [-0.1, -0.05) is 6.92 Å². The summed E-state index contributed by atoms with van der Waals surface area (Å²) in [6.07, 6.45) is 2.62. The molecule has 1 rings (SSSR count). The van der Waals surface area contributed by atoms with Gasteiger partial charge in [-0.15, -0.1) is 0 Å². The molecule has 1 atom stereocenters. The van der Waals surface area contributed by atoms with Gasteiger partial charge in [0.1, 0.15) is 0 Å². The van der Waals surface area contributed by atoms with E-state index in [0.717, 1.165) is 12.1 Å². The van der Waals surface area contributed by atoms with Crippen molar-refractivity contribution < 1.29 is 4.79 Å². The molecule has 0 aromatic carbocycles. The lowest BCUT2D eigenvalue weighted by Gasteiger charge is -2.11. The lowest BCUT2D eigenvalue weighted by Crippen LogP contribution is -2.34. The van der Waals surface area contributed by atoms with Crippen LogP contribution in [-0.4, -0.2) is 17.4 Å². The van der Waals surface area contributed by atoms with Gasteiger partial charge in [0.25, 0.3) is 0 Å². The summed E-state index contributed by atoms with van der Waals surface area (Å²) in [7, 11) is 0. The van der Waals surface area contributed by atoms with Crippen molar-refractivity contribution in [2.75, 3.05) is 6.54 Å². The summed E-state index contributed by atoms with van der Waals surface area (Å²) >= 11 is 0. The first kappa shape index (κ1) is 10.8. The zero-order valence-electron chi connectivity index (χ0n) is 8.42. The fourth-order valence-corrected chi connectivity index (χ4v) is 1.26. The maximum absolute atomic E-state index is 11.5. The molecule has 1 unspecified atom stereocenters. The fraction of sp³-hybridized carbons (Fsp3) is 0.500. The number of aromatic amines is 1. The zero-order chi connectivity index (χ0) is 10.4. The molecule has 0 saturated heterocycles. The van der Waals surface area contributed by atoms with E-state index in [4.69, 9.17) is 5.73 Å². The van der Waals surface area contributed by atoms with E-state index in [0.29, 0.717) is 13.1 Å². The summed E-state index contributed by atoms with van der Waals surface area (Å²) in [6.45, 7) is 2.92. The Morgan fingerprint density at radius 2 is 2.50 bits per heavy atom. The van der Waals surface area contributed by atoms with E-state index < -0.39 is 0 Å². The quantitative estimate of drug-likeness (QED) is 0.644. The van der Waals surface area contributed by atoms with Gasteiger partial charge in [-0.05, 0) is 18.6 Å². The second-order valence-electron chi connectivity index (χ2n) is 3.25. The molecular formula is C10H17N3O. The normalized spacial score (nSPS) is 12.4. The summed E-state index contributed by atoms with van der Waals surface area (Å²) in [5.74, 6) is -0.0328. The number of carbonyl (C=O) groups is 1. The number of rotatable bonds is 5. The summed E-state index contributed by atoms with van der Waals surface area (Å²) < 4.78 is 0. The van der Waals surface area contributed by atoms with Gasteiger partial charge < -0.3 is 16.0 Å². The summed E-state index contributed by atoms with van der Waals surface area (Å²) in [5.41, 5.74) is 6.47. The van der Waals surface area contributed by atoms with Gasteiger partial charge in [0, 0.05) is 24.4 Å². The van der Waals surface area contributed by atoms with E-state index in [-0.39, 0.29) is 11.8 Å². The van der Waals surface area contributed by atoms with Crippen molar-refractivity contribution >= 4 is 5.91 Å². The number of aromatic nitrogens is 1. The first-order chi connectivity index (χ1) is 6.77. The standard InChI is InChI=1S/C10H17N3O/c1-2-8(6-11)10(14)13-7-9-4-3-5-12-9/h3-5,8,12H,2,6-7,11H2,1H3,(H,13,14). The van der Waals surface area contributed by atoms with Crippen LogP contribution >= 0.6 is 0 Å². The Balaban J connectivity index is 2.34. The van der Waals surface area contributed by atoms with Gasteiger partial charge in [-0.2, -0.15) is 0 Å². The minimum Gasteiger partial charge on any atom is -0.364 e. The highest BCUT2D eigenvalue weighted by atomic mass is 16.1. The molecule has 0 fully saturated rings. The number of amides is 1. The Bertz CT molecular complexity index is 265. The van der Waals surface area contributed by atoms with Crippen LogP contribution in [0.25, 0.3) is 0 Å². The van der Waals surface area contributed by atoms with E-state index in [1.54, 1.807) is 0 Å². The lowest BCUT2D eigenvalue weighted by atomic mass is 10.1. The molecule has 4 heteroatoms. The summed E-state index contributed by atoms with van der Waals surface area (Å²) in [6, 6.07) is 3.84. The van der Waals surface area contributed by atoms with E-state index in [1.807, 2.05) is 25.3 Å². The summed E-state index contributed by atoms with van der Waals surface area (Å²) in [4.78, 5) is 14.5. The van der Waals surface area contributed by atoms with Crippen LogP contribution < -0.4 is 11.1 Å². The zero-order valence-corrected chi connectivity index (χ0v) is 8.42. The van der Waals surface area contributed by atoms with Crippen molar-refractivity contribution in [3.63, 3.8) is 0 Å². The molecular weight excluding hydrogens is 178 g/mol. The molecule has 1 heterocycles. The number of hydrogen-bond acceptors (Lipinski definition) is 2. The Morgan fingerprint density at radius 3 is 3.00 bits per heavy atom. The van der Waals surface area contributed by atoms with Crippen molar-refractivity contribution in [3.05, 3.63) is 24.0 Å². The van der Waals surface area contributed by atoms with Crippen LogP contribution in [0.1, 0.15) is 19.0 Å². The number of carbonyl (C=O) groups excluding carboxylic acids is 1. The van der Waals surface area contributed by atoms with Gasteiger partial charge >= 0.3 is 0 Å². The van der Waals surface area contributed by atoms with Gasteiger partial charge in [0.2, 0.25) is 5.91 Å². The van der Waals surface area contributed by atoms with Crippen LogP contribution in [0.3, 0.4) is 0 Å². The molecule has 4 N–H and O–H groups in total. The average Bonchev–Trinajstić information content (AvgIpc) is 2.69. The second kappa shape index (κ2) is 5.44. The van der Waals surface area contributed by atoms with Crippen molar-refractivity contribution in [1.29, 1.82) is 0 Å². The number of nitrogens with one attached hydrogen (secondary N) is 2. The monoisotopic (exact) mass is 195 g/mol. The average molecular weight is 195 g/mol. The molecule has 0 bridgehead atoms. The Labute approximate surface area is 83.9 Å². The molecule has 0 aliphatic carbocycles. The lowest BCUT2D eigenvalue weighted by molar-refractivity contribution is -0.124. The molecule has 0 radical (unpaired) electrons. The van der Waals surface area contributed by atoms with Gasteiger partial charge in [0.05, 0.1) is 6.54 Å². The molecule has 0 saturated carbocycles. The topological polar surface area (TPSA) is 70.9 Å². The number of H-pyrrole nitrogens is 1. The Kier molecular flexibility index (Phi) is 4.19. The van der Waals surface area contributed by atoms with Crippen LogP contribution in [0.5, 0.6) is 0 Å². The second-order valence-corrected chi connectivity index (χ2v) is 3.25. The SMILES string of the molecule is CCC(CN)C(=O)NCc1ccc[nH]1. The Hall–Kier alpha value is -1.29. The van der Waals surface area contributed by atoms with Crippen molar-refractivity contribution in [1.82, 2.24) is 10.3 Å². The van der Waals surface area contributed by atoms with E-state index in [9.17, 15) is 4.79 Å². The van der Waals surface area contributed by atoms with Crippen LogP contribution in [0.4, 0.5) is 0 Å². The molecule has 0 spiro atoms. The Morgan fingerprint density at radius 1 is 1.71 bits per heavy atom. The molecule has 1 aromatic rings. The summed E-state index contributed by atoms with van der Waals surface area (Å²) in [5, 5.41) is 2.84. The molecule has 1 amide bonds. The highest BCUT2D eigenvalue weighted by Gasteiger charge is 2.13. The predicted molar refractivity (Wildman–Crippen MR) is 55.5 cm³/mol. The predicted octanol–water partition coefficient (Wildman–Crippen LogP) is 0.616. The van der Waals surface area contributed by atoms with Gasteiger partial charge in [0.15, 0.2) is 0 Å². The fourth-order valence-electron chi connectivity index (χ4n) is 1.26. The minimum atomic E-state index is -0.0648. The van der Waals surface area contributed by atoms with Crippen LogP contribution in [0.2, 0.25) is 0 Å². The van der Waals surface area contributed by atoms with Crippen molar-refractivity contribution in [2.45, 2.75) is 19.9 Å². The first-order valence-electron chi connectivity index (χ1n) is 4.88. The molecule has 0 aliphatic rings. The minimum absolute atomic E-state index is 0.0320. The van der Waals surface area contributed by atoms with Crippen molar-refractivity contribution in [2.24, 2.45) is 11.7 Å². The number of hydrogen-bond donors (Lipinski definition) is 3.